The summed E-state index contributed by atoms with van der Waals surface area (Å²) < 4.78 is 40.1. The second-order valence-electron chi connectivity index (χ2n) is 7.49. The van der Waals surface area contributed by atoms with Crippen LogP contribution in [-0.2, 0) is 12.8 Å². The fourth-order valence-corrected chi connectivity index (χ4v) is 3.60. The highest BCUT2D eigenvalue weighted by atomic mass is 19.4. The number of piperazine rings is 1. The largest absolute Gasteiger partial charge is 0.435 e. The van der Waals surface area contributed by atoms with Crippen molar-refractivity contribution in [2.75, 3.05) is 36.0 Å². The normalized spacial score (nSPS) is 14.5. The van der Waals surface area contributed by atoms with Gasteiger partial charge in [-0.25, -0.2) is 9.78 Å². The topological polar surface area (TPSA) is 115 Å². The van der Waals surface area contributed by atoms with Crippen LogP contribution in [0.1, 0.15) is 11.3 Å². The lowest BCUT2D eigenvalue weighted by Crippen LogP contribution is -2.48. The second-order valence-corrected chi connectivity index (χ2v) is 7.49. The van der Waals surface area contributed by atoms with Gasteiger partial charge in [-0.2, -0.15) is 23.3 Å². The van der Waals surface area contributed by atoms with Gasteiger partial charge in [0.2, 0.25) is 5.95 Å². The summed E-state index contributed by atoms with van der Waals surface area (Å²) in [5.41, 5.74) is 0.0262. The number of aromatic nitrogens is 5. The van der Waals surface area contributed by atoms with Gasteiger partial charge >= 0.3 is 11.9 Å². The first-order chi connectivity index (χ1) is 15.6. The molecule has 174 valence electrons. The van der Waals surface area contributed by atoms with Crippen molar-refractivity contribution in [1.29, 1.82) is 0 Å². The molecule has 1 fully saturated rings. The molecule has 0 atom stereocenters. The van der Waals surface area contributed by atoms with Crippen molar-refractivity contribution < 1.29 is 18.1 Å². The maximum Gasteiger partial charge on any atom is 0.435 e. The number of benzene rings is 1. The van der Waals surface area contributed by atoms with E-state index in [0.717, 1.165) is 32.8 Å². The van der Waals surface area contributed by atoms with Gasteiger partial charge in [0.05, 0.1) is 4.92 Å². The van der Waals surface area contributed by atoms with Gasteiger partial charge in [0.25, 0.3) is 5.69 Å². The SMILES string of the molecule is Cc1cc([N+](=O)[O-])ccc1N1CCN(c2ncn(Cn3ccc(C(F)(F)F)n3)c(=O)n2)CC1. The Morgan fingerprint density at radius 2 is 1.82 bits per heavy atom. The number of anilines is 2. The predicted molar refractivity (Wildman–Crippen MR) is 111 cm³/mol. The van der Waals surface area contributed by atoms with E-state index in [1.165, 1.54) is 18.5 Å². The molecule has 0 spiro atoms. The van der Waals surface area contributed by atoms with E-state index in [2.05, 4.69) is 20.0 Å². The number of rotatable bonds is 5. The third-order valence-electron chi connectivity index (χ3n) is 5.28. The smallest absolute Gasteiger partial charge is 0.368 e. The quantitative estimate of drug-likeness (QED) is 0.415. The summed E-state index contributed by atoms with van der Waals surface area (Å²) in [5.74, 6) is 0.229. The van der Waals surface area contributed by atoms with Crippen molar-refractivity contribution in [3.8, 4) is 0 Å². The van der Waals surface area contributed by atoms with Crippen LogP contribution >= 0.6 is 0 Å². The monoisotopic (exact) mass is 464 g/mol. The predicted octanol–water partition coefficient (Wildman–Crippen LogP) is 1.90. The van der Waals surface area contributed by atoms with Gasteiger partial charge < -0.3 is 9.80 Å². The maximum absolute atomic E-state index is 12.7. The fourth-order valence-electron chi connectivity index (χ4n) is 3.60. The molecular weight excluding hydrogens is 445 g/mol. The molecule has 0 unspecified atom stereocenters. The van der Waals surface area contributed by atoms with Gasteiger partial charge in [-0.1, -0.05) is 0 Å². The molecule has 0 saturated carbocycles. The van der Waals surface area contributed by atoms with E-state index in [-0.39, 0.29) is 18.3 Å². The molecule has 4 rings (SSSR count). The first kappa shape index (κ1) is 22.2. The zero-order valence-corrected chi connectivity index (χ0v) is 17.4. The van der Waals surface area contributed by atoms with E-state index in [1.807, 2.05) is 11.8 Å². The lowest BCUT2D eigenvalue weighted by molar-refractivity contribution is -0.384. The molecule has 1 saturated heterocycles. The summed E-state index contributed by atoms with van der Waals surface area (Å²) in [6, 6.07) is 5.54. The molecule has 33 heavy (non-hydrogen) atoms. The molecule has 3 heterocycles. The van der Waals surface area contributed by atoms with Gasteiger partial charge in [-0.05, 0) is 24.6 Å². The number of halogens is 3. The van der Waals surface area contributed by atoms with Crippen molar-refractivity contribution in [3.63, 3.8) is 0 Å². The molecule has 0 aliphatic carbocycles. The van der Waals surface area contributed by atoms with Crippen LogP contribution in [0, 0.1) is 17.0 Å². The lowest BCUT2D eigenvalue weighted by atomic mass is 10.1. The highest BCUT2D eigenvalue weighted by molar-refractivity contribution is 5.58. The number of nitro groups is 1. The Morgan fingerprint density at radius 3 is 2.39 bits per heavy atom. The van der Waals surface area contributed by atoms with Crippen molar-refractivity contribution in [2.24, 2.45) is 0 Å². The van der Waals surface area contributed by atoms with Gasteiger partial charge in [0.1, 0.15) is 13.0 Å². The van der Waals surface area contributed by atoms with E-state index in [4.69, 9.17) is 0 Å². The van der Waals surface area contributed by atoms with Crippen LogP contribution in [0.5, 0.6) is 0 Å². The van der Waals surface area contributed by atoms with Crippen LogP contribution in [0.4, 0.5) is 30.5 Å². The Labute approximate surface area is 184 Å². The highest BCUT2D eigenvalue weighted by Crippen LogP contribution is 2.27. The number of aryl methyl sites for hydroxylation is 1. The minimum absolute atomic E-state index is 0.0357. The van der Waals surface area contributed by atoms with E-state index >= 15 is 0 Å². The average Bonchev–Trinajstić information content (AvgIpc) is 3.24. The summed E-state index contributed by atoms with van der Waals surface area (Å²) >= 11 is 0. The fraction of sp³-hybridized carbons (Fsp3) is 0.368. The molecule has 0 N–H and O–H groups in total. The van der Waals surface area contributed by atoms with E-state index in [9.17, 15) is 28.1 Å². The Hall–Kier alpha value is -3.97. The minimum Gasteiger partial charge on any atom is -0.368 e. The third-order valence-corrected chi connectivity index (χ3v) is 5.28. The molecule has 1 aliphatic heterocycles. The Balaban J connectivity index is 1.41. The van der Waals surface area contributed by atoms with Crippen molar-refractivity contribution in [1.82, 2.24) is 24.3 Å². The zero-order chi connectivity index (χ0) is 23.8. The molecule has 3 aromatic rings. The first-order valence-corrected chi connectivity index (χ1v) is 9.91. The molecule has 0 radical (unpaired) electrons. The van der Waals surface area contributed by atoms with Crippen LogP contribution < -0.4 is 15.5 Å². The number of non-ortho nitro benzene ring substituents is 1. The number of hydrogen-bond acceptors (Lipinski definition) is 8. The number of nitro benzene ring substituents is 1. The molecular formula is C19H19F3N8O3. The number of alkyl halides is 3. The Bertz CT molecular complexity index is 1230. The summed E-state index contributed by atoms with van der Waals surface area (Å²) in [7, 11) is 0. The summed E-state index contributed by atoms with van der Waals surface area (Å²) in [6.07, 6.45) is -2.21. The van der Waals surface area contributed by atoms with E-state index in [1.54, 1.807) is 6.07 Å². The molecule has 0 bridgehead atoms. The van der Waals surface area contributed by atoms with Gasteiger partial charge in [0.15, 0.2) is 5.69 Å². The van der Waals surface area contributed by atoms with Crippen LogP contribution in [0.3, 0.4) is 0 Å². The highest BCUT2D eigenvalue weighted by Gasteiger charge is 2.33. The molecule has 1 aliphatic rings. The van der Waals surface area contributed by atoms with Crippen LogP contribution in [0.15, 0.2) is 41.6 Å². The van der Waals surface area contributed by atoms with Gasteiger partial charge in [-0.3, -0.25) is 19.4 Å². The molecule has 2 aromatic heterocycles. The minimum atomic E-state index is -4.56. The summed E-state index contributed by atoms with van der Waals surface area (Å²) in [5, 5.41) is 14.3. The first-order valence-electron chi connectivity index (χ1n) is 9.91. The van der Waals surface area contributed by atoms with Crippen molar-refractivity contribution >= 4 is 17.3 Å². The van der Waals surface area contributed by atoms with E-state index < -0.39 is 22.5 Å². The van der Waals surface area contributed by atoms with Crippen LogP contribution in [0.2, 0.25) is 0 Å². The standard InChI is InChI=1S/C19H19F3N8O3/c1-13-10-14(30(32)33)2-3-15(13)26-6-8-27(9-7-26)17-23-11-28(18(31)24-17)12-29-5-4-16(25-29)19(20,21)22/h2-5,10-11H,6-9,12H2,1H3. The lowest BCUT2D eigenvalue weighted by Gasteiger charge is -2.36. The van der Waals surface area contributed by atoms with Crippen LogP contribution in [0.25, 0.3) is 0 Å². The van der Waals surface area contributed by atoms with Gasteiger partial charge in [-0.15, -0.1) is 0 Å². The van der Waals surface area contributed by atoms with Gasteiger partial charge in [0, 0.05) is 50.2 Å². The van der Waals surface area contributed by atoms with Crippen LogP contribution in [-0.4, -0.2) is 55.4 Å². The summed E-state index contributed by atoms with van der Waals surface area (Å²) in [6.45, 7) is 3.80. The molecule has 0 amide bonds. The molecule has 14 heteroatoms. The zero-order valence-electron chi connectivity index (χ0n) is 17.4. The number of nitrogens with zero attached hydrogens (tertiary/aromatic N) is 8. The van der Waals surface area contributed by atoms with Crippen molar-refractivity contribution in [3.05, 3.63) is 68.6 Å². The number of hydrogen-bond donors (Lipinski definition) is 0. The molecule has 11 nitrogen and oxygen atoms in total. The second kappa shape index (κ2) is 8.52. The summed E-state index contributed by atoms with van der Waals surface area (Å²) in [4.78, 5) is 34.9. The third kappa shape index (κ3) is 4.78. The Morgan fingerprint density at radius 1 is 1.12 bits per heavy atom. The molecule has 1 aromatic carbocycles. The van der Waals surface area contributed by atoms with E-state index in [0.29, 0.717) is 26.2 Å². The van der Waals surface area contributed by atoms with Crippen molar-refractivity contribution in [2.45, 2.75) is 19.8 Å². The Kier molecular flexibility index (Phi) is 5.74. The maximum atomic E-state index is 12.7. The average molecular weight is 464 g/mol.